The monoisotopic (exact) mass is 1040 g/mol. The predicted octanol–water partition coefficient (Wildman–Crippen LogP) is 12.3. The third-order valence-electron chi connectivity index (χ3n) is 15.2. The number of aromatic hydroxyl groups is 1. The Hall–Kier alpha value is -5.82. The van der Waals surface area contributed by atoms with Crippen molar-refractivity contribution in [2.24, 2.45) is 0 Å². The molecule has 4 atom stereocenters. The zero-order valence-electron chi connectivity index (χ0n) is 45.1. The number of hydrogen-bond donors (Lipinski definition) is 2. The first kappa shape index (κ1) is 60.0. The number of fused-ring (bicyclic) bond motifs is 5. The number of phenolic OH excluding ortho intramolecular Hbond substituents is 1. The van der Waals surface area contributed by atoms with Gasteiger partial charge in [-0.1, -0.05) is 108 Å². The second-order valence-corrected chi connectivity index (χ2v) is 20.5. The van der Waals surface area contributed by atoms with Crippen LogP contribution in [-0.2, 0) is 20.9 Å². The normalized spacial score (nSPS) is 19.6. The molecule has 4 saturated heterocycles. The van der Waals surface area contributed by atoms with Crippen LogP contribution in [0.15, 0.2) is 59.5 Å². The molecule has 4 aliphatic rings. The quantitative estimate of drug-likeness (QED) is 0.0464. The van der Waals surface area contributed by atoms with E-state index in [-0.39, 0.29) is 39.0 Å². The van der Waals surface area contributed by atoms with E-state index in [0.29, 0.717) is 54.9 Å². The molecule has 2 N–H and O–H groups in total. The van der Waals surface area contributed by atoms with Gasteiger partial charge < -0.3 is 34.1 Å². The number of hydrogen-bond acceptors (Lipinski definition) is 11. The van der Waals surface area contributed by atoms with Crippen molar-refractivity contribution in [3.05, 3.63) is 88.0 Å². The highest BCUT2D eigenvalue weighted by Gasteiger charge is 2.45. The molecule has 2 unspecified atom stereocenters. The molecular formula is C60H81F3N6O6. The molecule has 0 radical (unpaired) electrons. The molecule has 6 heterocycles. The highest BCUT2D eigenvalue weighted by Crippen LogP contribution is 2.40. The van der Waals surface area contributed by atoms with Gasteiger partial charge in [-0.25, -0.2) is 18.0 Å². The largest absolute Gasteiger partial charge is 0.508 e. The predicted molar refractivity (Wildman–Crippen MR) is 295 cm³/mol. The molecule has 2 aromatic heterocycles. The maximum Gasteiger partial charge on any atom is 0.347 e. The molecule has 0 spiro atoms. The third kappa shape index (κ3) is 16.6. The number of phenols is 1. The van der Waals surface area contributed by atoms with Crippen molar-refractivity contribution in [3.8, 4) is 35.1 Å². The Bertz CT molecular complexity index is 2650. The Kier molecular flexibility index (Phi) is 24.5. The minimum Gasteiger partial charge on any atom is -0.508 e. The molecular weight excluding hydrogens is 958 g/mol. The van der Waals surface area contributed by atoms with Gasteiger partial charge in [0.2, 0.25) is 0 Å². The van der Waals surface area contributed by atoms with E-state index in [4.69, 9.17) is 20.7 Å². The molecule has 75 heavy (non-hydrogen) atoms. The number of aromatic nitrogens is 3. The SMILES string of the molecule is C#Cc1c(F)ccc2cc(O)cc(-c3ncc4c(N5CC6CCC(C5)N6C)nc(=O)[nH]c4c3F)c12.C=O.CCCCCCCCCCCCCCCC=O.COCc1ccc(OC)cc1.C[C@@]12CCCN1C[C@H](F)C2. The van der Waals surface area contributed by atoms with Crippen molar-refractivity contribution in [1.82, 2.24) is 24.8 Å². The number of anilines is 1. The summed E-state index contributed by atoms with van der Waals surface area (Å²) in [7, 11) is 5.44. The topological polar surface area (TPSA) is 141 Å². The Labute approximate surface area is 442 Å². The number of benzene rings is 3. The van der Waals surface area contributed by atoms with Crippen LogP contribution in [-0.4, -0.2) is 114 Å². The lowest BCUT2D eigenvalue weighted by molar-refractivity contribution is -0.108. The van der Waals surface area contributed by atoms with Gasteiger partial charge in [0.05, 0.1) is 30.2 Å². The molecule has 0 saturated carbocycles. The molecule has 0 amide bonds. The zero-order valence-corrected chi connectivity index (χ0v) is 45.1. The summed E-state index contributed by atoms with van der Waals surface area (Å²) in [5, 5.41) is 11.3. The number of halogens is 3. The van der Waals surface area contributed by atoms with Crippen LogP contribution in [0.1, 0.15) is 147 Å². The molecule has 3 aromatic carbocycles. The Morgan fingerprint density at radius 2 is 1.55 bits per heavy atom. The number of H-pyrrole nitrogens is 1. The molecule has 15 heteroatoms. The molecule has 4 fully saturated rings. The van der Waals surface area contributed by atoms with E-state index in [1.54, 1.807) is 14.2 Å². The fraction of sp³-hybridized carbons (Fsp3) is 0.550. The number of carbonyl (C=O) groups is 2. The van der Waals surface area contributed by atoms with Crippen molar-refractivity contribution in [2.45, 2.75) is 166 Å². The van der Waals surface area contributed by atoms with Gasteiger partial charge in [-0.05, 0) is 100 Å². The molecule has 4 aliphatic heterocycles. The summed E-state index contributed by atoms with van der Waals surface area (Å²) in [6, 6.07) is 13.9. The first-order chi connectivity index (χ1) is 36.3. The lowest BCUT2D eigenvalue weighted by Gasteiger charge is -2.39. The van der Waals surface area contributed by atoms with E-state index in [1.165, 1.54) is 120 Å². The van der Waals surface area contributed by atoms with Crippen LogP contribution in [0.25, 0.3) is 32.9 Å². The van der Waals surface area contributed by atoms with E-state index >= 15 is 4.39 Å². The number of piperazine rings is 1. The maximum absolute atomic E-state index is 16.0. The van der Waals surface area contributed by atoms with Gasteiger partial charge in [-0.3, -0.25) is 14.8 Å². The summed E-state index contributed by atoms with van der Waals surface area (Å²) in [5.41, 5.74) is 0.580. The minimum atomic E-state index is -0.806. The van der Waals surface area contributed by atoms with Gasteiger partial charge >= 0.3 is 5.69 Å². The zero-order chi connectivity index (χ0) is 54.3. The van der Waals surface area contributed by atoms with Crippen LogP contribution in [0.2, 0.25) is 0 Å². The minimum absolute atomic E-state index is 0.0496. The summed E-state index contributed by atoms with van der Waals surface area (Å²) in [5.74, 6) is 1.99. The van der Waals surface area contributed by atoms with Crippen molar-refractivity contribution in [3.63, 3.8) is 0 Å². The Morgan fingerprint density at radius 3 is 2.12 bits per heavy atom. The van der Waals surface area contributed by atoms with Crippen LogP contribution in [0.4, 0.5) is 19.0 Å². The third-order valence-corrected chi connectivity index (χ3v) is 15.2. The lowest BCUT2D eigenvalue weighted by atomic mass is 9.96. The number of aromatic amines is 1. The summed E-state index contributed by atoms with van der Waals surface area (Å²) >= 11 is 0. The van der Waals surface area contributed by atoms with Gasteiger partial charge in [0, 0.05) is 67.9 Å². The highest BCUT2D eigenvalue weighted by atomic mass is 19.1. The fourth-order valence-electron chi connectivity index (χ4n) is 11.1. The van der Waals surface area contributed by atoms with Gasteiger partial charge in [0.25, 0.3) is 0 Å². The van der Waals surface area contributed by atoms with Gasteiger partial charge in [0.1, 0.15) is 48.1 Å². The molecule has 408 valence electrons. The van der Waals surface area contributed by atoms with Crippen LogP contribution in [0, 0.1) is 24.0 Å². The molecule has 5 aromatic rings. The number of aldehydes is 1. The second kappa shape index (κ2) is 30.7. The summed E-state index contributed by atoms with van der Waals surface area (Å²) in [4.78, 5) is 48.3. The lowest BCUT2D eigenvalue weighted by Crippen LogP contribution is -2.52. The molecule has 0 aliphatic carbocycles. The molecule has 2 bridgehead atoms. The van der Waals surface area contributed by atoms with E-state index in [2.05, 4.69) is 51.6 Å². The maximum atomic E-state index is 16.0. The second-order valence-electron chi connectivity index (χ2n) is 20.5. The number of carbonyl (C=O) groups excluding carboxylic acids is 2. The Balaban J connectivity index is 0.000000215. The van der Waals surface area contributed by atoms with Crippen LogP contribution < -0.4 is 15.3 Å². The molecule has 9 rings (SSSR count). The first-order valence-electron chi connectivity index (χ1n) is 27.1. The van der Waals surface area contributed by atoms with Crippen LogP contribution in [0.3, 0.4) is 0 Å². The van der Waals surface area contributed by atoms with E-state index in [9.17, 15) is 23.5 Å². The van der Waals surface area contributed by atoms with Crippen molar-refractivity contribution in [2.75, 3.05) is 52.3 Å². The highest BCUT2D eigenvalue weighted by molar-refractivity contribution is 6.03. The number of rotatable bonds is 19. The van der Waals surface area contributed by atoms with Crippen LogP contribution >= 0.6 is 0 Å². The number of alkyl halides is 1. The smallest absolute Gasteiger partial charge is 0.347 e. The number of unbranched alkanes of at least 4 members (excludes halogenated alkanes) is 13. The summed E-state index contributed by atoms with van der Waals surface area (Å²) in [6.45, 7) is 10.3. The van der Waals surface area contributed by atoms with Crippen molar-refractivity contribution in [1.29, 1.82) is 0 Å². The van der Waals surface area contributed by atoms with Crippen molar-refractivity contribution >= 4 is 40.6 Å². The van der Waals surface area contributed by atoms with E-state index in [0.717, 1.165) is 56.2 Å². The average Bonchev–Trinajstić information content (AvgIpc) is 3.96. The number of pyridine rings is 1. The number of nitrogens with zero attached hydrogens (tertiary/aromatic N) is 5. The number of terminal acetylenes is 1. The molecule has 12 nitrogen and oxygen atoms in total. The summed E-state index contributed by atoms with van der Waals surface area (Å²) in [6.07, 6.45) is 31.5. The van der Waals surface area contributed by atoms with Crippen LogP contribution in [0.5, 0.6) is 11.5 Å². The standard InChI is InChI=1S/C26H21F2N5O2.C16H32O.C9H12O2.C8H14FN.CH2O/c1-3-17-20(27)7-4-13-8-16(34)9-18(21(13)17)23-22(28)24-19(10-29-23)25(31-26(35)30-24)33-11-14-5-6-15(12-33)32(14)2;1-2-3-4-5-6-7-8-9-10-11-12-13-14-15-16-17;1-10-7-8-3-5-9(11-2)6-4-8;1-8-3-2-4-10(8)6-7(9)5-8;1-2/h1,4,7-10,14-15,34H,5-6,11-12H2,2H3,(H,30,31,35);16H,2-15H2,1H3;3-6H,7H2,1-2H3;7H,2-6H2,1H3;1H2/t;;;7-,8+;/m...1./s1. The number of methoxy groups -OCH3 is 2. The average molecular weight is 1040 g/mol. The Morgan fingerprint density at radius 1 is 0.920 bits per heavy atom. The van der Waals surface area contributed by atoms with E-state index in [1.807, 2.05) is 36.0 Å². The summed E-state index contributed by atoms with van der Waals surface area (Å²) < 4.78 is 53.3. The number of likely N-dealkylation sites (N-methyl/N-ethyl adjacent to an activating group) is 1. The number of nitrogens with one attached hydrogen (secondary N) is 1. The van der Waals surface area contributed by atoms with E-state index < -0.39 is 23.5 Å². The van der Waals surface area contributed by atoms with Gasteiger partial charge in [0.15, 0.2) is 5.82 Å². The fourth-order valence-corrected chi connectivity index (χ4v) is 11.1. The van der Waals surface area contributed by atoms with Crippen molar-refractivity contribution < 1.29 is 37.3 Å². The van der Waals surface area contributed by atoms with Gasteiger partial charge in [-0.15, -0.1) is 6.42 Å². The first-order valence-corrected chi connectivity index (χ1v) is 27.1. The van der Waals surface area contributed by atoms with Gasteiger partial charge in [-0.2, -0.15) is 4.98 Å². The number of ether oxygens (including phenoxy) is 2.